The molecule has 0 aromatic carbocycles. The Balaban J connectivity index is 5.24. The van der Waals surface area contributed by atoms with Crippen molar-refractivity contribution in [3.05, 3.63) is 11.4 Å². The standard InChI is InChI=1S/C12H22N4O2S/c1-7-18-11(17)9(4)10(16-15-8(2)3)14-12(13-5)19-6/h8,15-16H,5,7H2,1-4,6H3/b10-9-,14-12+. The Morgan fingerprint density at radius 1 is 1.47 bits per heavy atom. The molecule has 0 unspecified atom stereocenters. The summed E-state index contributed by atoms with van der Waals surface area (Å²) in [7, 11) is 0. The molecule has 6 nitrogen and oxygen atoms in total. The number of aliphatic imine (C=N–C) groups is 2. The van der Waals surface area contributed by atoms with Gasteiger partial charge >= 0.3 is 5.97 Å². The van der Waals surface area contributed by atoms with E-state index in [0.717, 1.165) is 0 Å². The highest BCUT2D eigenvalue weighted by Gasteiger charge is 2.12. The molecule has 0 saturated carbocycles. The van der Waals surface area contributed by atoms with Crippen molar-refractivity contribution in [3.8, 4) is 0 Å². The Labute approximate surface area is 118 Å². The van der Waals surface area contributed by atoms with Crippen molar-refractivity contribution in [2.45, 2.75) is 33.7 Å². The van der Waals surface area contributed by atoms with Crippen LogP contribution < -0.4 is 10.9 Å². The second-order valence-corrected chi connectivity index (χ2v) is 4.65. The lowest BCUT2D eigenvalue weighted by Crippen LogP contribution is -2.37. The first-order chi connectivity index (χ1) is 8.96. The lowest BCUT2D eigenvalue weighted by molar-refractivity contribution is -0.138. The monoisotopic (exact) mass is 286 g/mol. The first kappa shape index (κ1) is 17.7. The Morgan fingerprint density at radius 2 is 2.11 bits per heavy atom. The molecule has 0 aliphatic rings. The van der Waals surface area contributed by atoms with Crippen LogP contribution in [-0.4, -0.2) is 36.8 Å². The molecule has 0 fully saturated rings. The first-order valence-electron chi connectivity index (χ1n) is 5.95. The largest absolute Gasteiger partial charge is 0.463 e. The van der Waals surface area contributed by atoms with Gasteiger partial charge in [-0.05, 0) is 40.7 Å². The predicted molar refractivity (Wildman–Crippen MR) is 81.2 cm³/mol. The summed E-state index contributed by atoms with van der Waals surface area (Å²) in [5.41, 5.74) is 6.26. The van der Waals surface area contributed by atoms with E-state index in [2.05, 4.69) is 27.6 Å². The van der Waals surface area contributed by atoms with Gasteiger partial charge < -0.3 is 10.2 Å². The number of esters is 1. The Hall–Kier alpha value is -1.34. The Bertz CT molecular complexity index is 378. The second-order valence-electron chi connectivity index (χ2n) is 3.87. The molecule has 0 aromatic heterocycles. The number of ether oxygens (including phenoxy) is 1. The molecule has 2 N–H and O–H groups in total. The van der Waals surface area contributed by atoms with Crippen LogP contribution in [0.2, 0.25) is 0 Å². The molecule has 0 amide bonds. The molecular weight excluding hydrogens is 264 g/mol. The average Bonchev–Trinajstić information content (AvgIpc) is 2.38. The number of nitrogens with zero attached hydrogens (tertiary/aromatic N) is 2. The molecule has 0 aliphatic heterocycles. The summed E-state index contributed by atoms with van der Waals surface area (Å²) in [5, 5.41) is 0.469. The van der Waals surface area contributed by atoms with Crippen LogP contribution in [0.25, 0.3) is 0 Å². The number of hydrazine groups is 1. The van der Waals surface area contributed by atoms with E-state index >= 15 is 0 Å². The van der Waals surface area contributed by atoms with Crippen LogP contribution in [0.5, 0.6) is 0 Å². The van der Waals surface area contributed by atoms with Gasteiger partial charge in [0, 0.05) is 6.04 Å². The first-order valence-corrected chi connectivity index (χ1v) is 7.17. The van der Waals surface area contributed by atoms with Crippen LogP contribution in [0.4, 0.5) is 0 Å². The van der Waals surface area contributed by atoms with Gasteiger partial charge in [0.2, 0.25) is 0 Å². The summed E-state index contributed by atoms with van der Waals surface area (Å²) < 4.78 is 4.95. The summed E-state index contributed by atoms with van der Waals surface area (Å²) in [6, 6.07) is 0.189. The average molecular weight is 286 g/mol. The molecule has 0 atom stereocenters. The summed E-state index contributed by atoms with van der Waals surface area (Å²) >= 11 is 1.34. The van der Waals surface area contributed by atoms with Crippen molar-refractivity contribution >= 4 is 29.6 Å². The SMILES string of the molecule is C=N/C(=N\C(NNC(C)C)=C(/C)C(=O)OCC)SC. The predicted octanol–water partition coefficient (Wildman–Crippen LogP) is 1.70. The maximum absolute atomic E-state index is 11.7. The highest BCUT2D eigenvalue weighted by atomic mass is 32.2. The fourth-order valence-electron chi connectivity index (χ4n) is 0.995. The van der Waals surface area contributed by atoms with E-state index in [9.17, 15) is 4.79 Å². The summed E-state index contributed by atoms with van der Waals surface area (Å²) in [6.45, 7) is 11.1. The third kappa shape index (κ3) is 6.97. The summed E-state index contributed by atoms with van der Waals surface area (Å²) in [4.78, 5) is 19.7. The van der Waals surface area contributed by atoms with Crippen LogP contribution in [-0.2, 0) is 9.53 Å². The number of rotatable bonds is 6. The zero-order valence-electron chi connectivity index (χ0n) is 12.1. The summed E-state index contributed by atoms with van der Waals surface area (Å²) in [6.07, 6.45) is 1.83. The normalized spacial score (nSPS) is 13.1. The number of hydrogen-bond acceptors (Lipinski definition) is 6. The third-order valence-corrected chi connectivity index (χ3v) is 2.53. The molecule has 0 rings (SSSR count). The van der Waals surface area contributed by atoms with Gasteiger partial charge in [0.15, 0.2) is 11.0 Å². The maximum atomic E-state index is 11.7. The van der Waals surface area contributed by atoms with Crippen LogP contribution in [0.3, 0.4) is 0 Å². The van der Waals surface area contributed by atoms with Gasteiger partial charge in [0.1, 0.15) is 0 Å². The van der Waals surface area contributed by atoms with Gasteiger partial charge in [0.25, 0.3) is 0 Å². The van der Waals surface area contributed by atoms with Crippen LogP contribution in [0, 0.1) is 0 Å². The number of carbonyl (C=O) groups excluding carboxylic acids is 1. The van der Waals surface area contributed by atoms with Crippen LogP contribution in [0.1, 0.15) is 27.7 Å². The van der Waals surface area contributed by atoms with Crippen LogP contribution >= 0.6 is 11.8 Å². The fourth-order valence-corrected chi connectivity index (χ4v) is 1.31. The van der Waals surface area contributed by atoms with Gasteiger partial charge in [-0.2, -0.15) is 0 Å². The molecule has 7 heteroatoms. The minimum atomic E-state index is -0.413. The van der Waals surface area contributed by atoms with Crippen molar-refractivity contribution in [2.75, 3.05) is 12.9 Å². The minimum Gasteiger partial charge on any atom is -0.463 e. The van der Waals surface area contributed by atoms with E-state index in [0.29, 0.717) is 23.2 Å². The smallest absolute Gasteiger partial charge is 0.337 e. The Morgan fingerprint density at radius 3 is 2.53 bits per heavy atom. The van der Waals surface area contributed by atoms with Crippen molar-refractivity contribution in [1.29, 1.82) is 0 Å². The highest BCUT2D eigenvalue weighted by molar-refractivity contribution is 8.13. The van der Waals surface area contributed by atoms with E-state index in [-0.39, 0.29) is 6.04 Å². The molecule has 0 saturated heterocycles. The van der Waals surface area contributed by atoms with Gasteiger partial charge in [0.05, 0.1) is 12.2 Å². The number of amidine groups is 1. The zero-order valence-corrected chi connectivity index (χ0v) is 12.9. The van der Waals surface area contributed by atoms with Gasteiger partial charge in [-0.25, -0.2) is 20.2 Å². The number of nitrogens with one attached hydrogen (secondary N) is 2. The molecule has 19 heavy (non-hydrogen) atoms. The quantitative estimate of drug-likeness (QED) is 0.255. The van der Waals surface area contributed by atoms with Crippen molar-refractivity contribution in [1.82, 2.24) is 10.9 Å². The van der Waals surface area contributed by atoms with E-state index in [4.69, 9.17) is 4.74 Å². The van der Waals surface area contributed by atoms with E-state index in [1.54, 1.807) is 13.8 Å². The van der Waals surface area contributed by atoms with Gasteiger partial charge in [-0.3, -0.25) is 0 Å². The number of hydrogen-bond donors (Lipinski definition) is 2. The van der Waals surface area contributed by atoms with Crippen molar-refractivity contribution < 1.29 is 9.53 Å². The Kier molecular flexibility index (Phi) is 8.90. The van der Waals surface area contributed by atoms with Gasteiger partial charge in [-0.1, -0.05) is 11.8 Å². The third-order valence-electron chi connectivity index (χ3n) is 1.94. The fraction of sp³-hybridized carbons (Fsp3) is 0.583. The van der Waals surface area contributed by atoms with Crippen molar-refractivity contribution in [3.63, 3.8) is 0 Å². The molecule has 0 radical (unpaired) electrons. The lowest BCUT2D eigenvalue weighted by atomic mass is 10.3. The number of thioether (sulfide) groups is 1. The maximum Gasteiger partial charge on any atom is 0.337 e. The van der Waals surface area contributed by atoms with Crippen molar-refractivity contribution in [2.24, 2.45) is 9.98 Å². The minimum absolute atomic E-state index is 0.189. The topological polar surface area (TPSA) is 75.1 Å². The van der Waals surface area contributed by atoms with E-state index in [1.807, 2.05) is 20.1 Å². The van der Waals surface area contributed by atoms with E-state index in [1.165, 1.54) is 11.8 Å². The molecule has 0 heterocycles. The second kappa shape index (κ2) is 9.57. The highest BCUT2D eigenvalue weighted by Crippen LogP contribution is 2.09. The zero-order chi connectivity index (χ0) is 14.8. The number of carbonyl (C=O) groups is 1. The molecule has 0 aromatic rings. The summed E-state index contributed by atoms with van der Waals surface area (Å²) in [5.74, 6) is -0.0345. The lowest BCUT2D eigenvalue weighted by Gasteiger charge is -2.14. The molecule has 108 valence electrons. The van der Waals surface area contributed by atoms with E-state index < -0.39 is 5.97 Å². The van der Waals surface area contributed by atoms with Gasteiger partial charge in [-0.15, -0.1) is 0 Å². The molecule has 0 spiro atoms. The molecule has 0 bridgehead atoms. The molecule has 0 aliphatic carbocycles. The molecular formula is C12H22N4O2S. The van der Waals surface area contributed by atoms with Crippen LogP contribution in [0.15, 0.2) is 21.4 Å².